The average molecular weight is 393 g/mol. The Balaban J connectivity index is 1.63. The van der Waals surface area contributed by atoms with Gasteiger partial charge in [0.15, 0.2) is 11.5 Å². The Hall–Kier alpha value is -3.28. The zero-order valence-corrected chi connectivity index (χ0v) is 17.4. The fourth-order valence-corrected chi connectivity index (χ4v) is 3.30. The second-order valence-corrected chi connectivity index (χ2v) is 6.97. The summed E-state index contributed by atoms with van der Waals surface area (Å²) in [7, 11) is 5.09. The number of methoxy groups -OCH3 is 2. The van der Waals surface area contributed by atoms with Gasteiger partial charge in [-0.2, -0.15) is 5.10 Å². The molecule has 0 saturated heterocycles. The Morgan fingerprint density at radius 1 is 1.07 bits per heavy atom. The molecule has 0 radical (unpaired) electrons. The third kappa shape index (κ3) is 4.96. The summed E-state index contributed by atoms with van der Waals surface area (Å²) in [6.45, 7) is 2.45. The van der Waals surface area contributed by atoms with Crippen molar-refractivity contribution in [3.63, 3.8) is 0 Å². The fourth-order valence-electron chi connectivity index (χ4n) is 3.30. The average Bonchev–Trinajstić information content (AvgIpc) is 3.11. The van der Waals surface area contributed by atoms with E-state index in [1.165, 1.54) is 5.56 Å². The summed E-state index contributed by atoms with van der Waals surface area (Å²) in [6.07, 6.45) is 2.99. The minimum absolute atomic E-state index is 0.0198. The molecule has 1 amide bonds. The molecule has 1 aromatic heterocycles. The van der Waals surface area contributed by atoms with E-state index in [4.69, 9.17) is 9.47 Å². The number of carbonyl (C=O) groups excluding carboxylic acids is 1. The summed E-state index contributed by atoms with van der Waals surface area (Å²) >= 11 is 0. The molecule has 0 atom stereocenters. The number of carbonyl (C=O) groups is 1. The molecule has 29 heavy (non-hydrogen) atoms. The van der Waals surface area contributed by atoms with Gasteiger partial charge in [-0.3, -0.25) is 9.48 Å². The van der Waals surface area contributed by atoms with Gasteiger partial charge in [-0.15, -0.1) is 0 Å². The molecule has 6 nitrogen and oxygen atoms in total. The molecule has 3 rings (SSSR count). The van der Waals surface area contributed by atoms with E-state index in [1.807, 2.05) is 31.4 Å². The predicted octanol–water partition coefficient (Wildman–Crippen LogP) is 3.66. The van der Waals surface area contributed by atoms with Crippen molar-refractivity contribution in [2.24, 2.45) is 7.05 Å². The van der Waals surface area contributed by atoms with Crippen LogP contribution in [0.3, 0.4) is 0 Å². The number of hydrogen-bond donors (Lipinski definition) is 1. The Kier molecular flexibility index (Phi) is 6.54. The van der Waals surface area contributed by atoms with Gasteiger partial charge in [0.1, 0.15) is 0 Å². The molecule has 0 aliphatic carbocycles. The van der Waals surface area contributed by atoms with Crippen molar-refractivity contribution < 1.29 is 14.3 Å². The van der Waals surface area contributed by atoms with Crippen molar-refractivity contribution in [1.82, 2.24) is 15.1 Å². The first kappa shape index (κ1) is 20.5. The van der Waals surface area contributed by atoms with Crippen molar-refractivity contribution in [1.29, 1.82) is 0 Å². The van der Waals surface area contributed by atoms with Crippen LogP contribution >= 0.6 is 0 Å². The molecule has 1 heterocycles. The standard InChI is InChI=1S/C23H27N3O3/c1-16-8-10-17(11-9-16)22-19(15-26(2)25-22)12-13-21(27)24-14-18-6-5-7-20(28-3)23(18)29-4/h5-11,15H,12-14H2,1-4H3,(H,24,27). The molecule has 0 saturated carbocycles. The van der Waals surface area contributed by atoms with Crippen LogP contribution in [0.1, 0.15) is 23.1 Å². The molecule has 2 aromatic carbocycles. The van der Waals surface area contributed by atoms with Crippen molar-refractivity contribution >= 4 is 5.91 Å². The lowest BCUT2D eigenvalue weighted by atomic mass is 10.0. The zero-order chi connectivity index (χ0) is 20.8. The molecule has 0 aliphatic heterocycles. The SMILES string of the molecule is COc1cccc(CNC(=O)CCc2cn(C)nc2-c2ccc(C)cc2)c1OC. The van der Waals surface area contributed by atoms with Crippen LogP contribution in [0.5, 0.6) is 11.5 Å². The highest BCUT2D eigenvalue weighted by Gasteiger charge is 2.13. The van der Waals surface area contributed by atoms with E-state index in [9.17, 15) is 4.79 Å². The molecule has 0 unspecified atom stereocenters. The van der Waals surface area contributed by atoms with Gasteiger partial charge >= 0.3 is 0 Å². The predicted molar refractivity (Wildman–Crippen MR) is 113 cm³/mol. The first-order valence-electron chi connectivity index (χ1n) is 9.58. The molecule has 1 N–H and O–H groups in total. The van der Waals surface area contributed by atoms with Crippen LogP contribution in [-0.2, 0) is 24.8 Å². The summed E-state index contributed by atoms with van der Waals surface area (Å²) in [5, 5.41) is 7.55. The summed E-state index contributed by atoms with van der Waals surface area (Å²) < 4.78 is 12.5. The topological polar surface area (TPSA) is 65.4 Å². The number of hydrogen-bond acceptors (Lipinski definition) is 4. The molecular formula is C23H27N3O3. The Labute approximate surface area is 171 Å². The highest BCUT2D eigenvalue weighted by molar-refractivity contribution is 5.76. The van der Waals surface area contributed by atoms with E-state index < -0.39 is 0 Å². The molecular weight excluding hydrogens is 366 g/mol. The largest absolute Gasteiger partial charge is 0.493 e. The lowest BCUT2D eigenvalue weighted by Crippen LogP contribution is -2.23. The number of aromatic nitrogens is 2. The maximum absolute atomic E-state index is 12.4. The van der Waals surface area contributed by atoms with Gasteiger partial charge in [0.25, 0.3) is 0 Å². The maximum Gasteiger partial charge on any atom is 0.220 e. The quantitative estimate of drug-likeness (QED) is 0.634. The molecule has 0 bridgehead atoms. The van der Waals surface area contributed by atoms with Crippen molar-refractivity contribution in [2.75, 3.05) is 14.2 Å². The molecule has 3 aromatic rings. The highest BCUT2D eigenvalue weighted by Crippen LogP contribution is 2.30. The van der Waals surface area contributed by atoms with Crippen LogP contribution in [0.15, 0.2) is 48.7 Å². The molecule has 6 heteroatoms. The zero-order valence-electron chi connectivity index (χ0n) is 17.4. The van der Waals surface area contributed by atoms with E-state index in [0.717, 1.165) is 22.4 Å². The van der Waals surface area contributed by atoms with E-state index in [0.29, 0.717) is 30.9 Å². The van der Waals surface area contributed by atoms with Crippen LogP contribution in [0.4, 0.5) is 0 Å². The van der Waals surface area contributed by atoms with Gasteiger partial charge in [-0.25, -0.2) is 0 Å². The number of benzene rings is 2. The van der Waals surface area contributed by atoms with Gasteiger partial charge in [-0.1, -0.05) is 42.0 Å². The molecule has 0 aliphatic rings. The Morgan fingerprint density at radius 3 is 2.52 bits per heavy atom. The summed E-state index contributed by atoms with van der Waals surface area (Å²) in [5.74, 6) is 1.27. The van der Waals surface area contributed by atoms with Crippen LogP contribution in [-0.4, -0.2) is 29.9 Å². The number of nitrogens with zero attached hydrogens (tertiary/aromatic N) is 2. The summed E-state index contributed by atoms with van der Waals surface area (Å²) in [6, 6.07) is 13.9. The van der Waals surface area contributed by atoms with Gasteiger partial charge in [0.2, 0.25) is 5.91 Å². The van der Waals surface area contributed by atoms with Crippen molar-refractivity contribution in [3.8, 4) is 22.8 Å². The van der Waals surface area contributed by atoms with Crippen LogP contribution in [0, 0.1) is 6.92 Å². The van der Waals surface area contributed by atoms with Gasteiger partial charge < -0.3 is 14.8 Å². The van der Waals surface area contributed by atoms with Crippen molar-refractivity contribution in [3.05, 3.63) is 65.4 Å². The molecule has 0 spiro atoms. The normalized spacial score (nSPS) is 10.6. The fraction of sp³-hybridized carbons (Fsp3) is 0.304. The van der Waals surface area contributed by atoms with Gasteiger partial charge in [0, 0.05) is 37.3 Å². The van der Waals surface area contributed by atoms with Gasteiger partial charge in [0.05, 0.1) is 19.9 Å². The summed E-state index contributed by atoms with van der Waals surface area (Å²) in [5.41, 5.74) is 5.13. The van der Waals surface area contributed by atoms with E-state index in [-0.39, 0.29) is 5.91 Å². The smallest absolute Gasteiger partial charge is 0.220 e. The van der Waals surface area contributed by atoms with E-state index in [2.05, 4.69) is 41.6 Å². The highest BCUT2D eigenvalue weighted by atomic mass is 16.5. The lowest BCUT2D eigenvalue weighted by Gasteiger charge is -2.13. The number of amides is 1. The molecule has 152 valence electrons. The Bertz CT molecular complexity index is 978. The lowest BCUT2D eigenvalue weighted by molar-refractivity contribution is -0.121. The maximum atomic E-state index is 12.4. The van der Waals surface area contributed by atoms with Gasteiger partial charge in [-0.05, 0) is 25.0 Å². The van der Waals surface area contributed by atoms with Crippen LogP contribution in [0.2, 0.25) is 0 Å². The minimum Gasteiger partial charge on any atom is -0.493 e. The number of nitrogens with one attached hydrogen (secondary N) is 1. The molecule has 0 fully saturated rings. The number of aryl methyl sites for hydroxylation is 3. The second-order valence-electron chi connectivity index (χ2n) is 6.97. The van der Waals surface area contributed by atoms with Crippen LogP contribution < -0.4 is 14.8 Å². The third-order valence-electron chi connectivity index (χ3n) is 4.81. The van der Waals surface area contributed by atoms with Crippen LogP contribution in [0.25, 0.3) is 11.3 Å². The first-order chi connectivity index (χ1) is 14.0. The minimum atomic E-state index is -0.0198. The van der Waals surface area contributed by atoms with E-state index >= 15 is 0 Å². The van der Waals surface area contributed by atoms with Crippen molar-refractivity contribution in [2.45, 2.75) is 26.3 Å². The number of ether oxygens (including phenoxy) is 2. The Morgan fingerprint density at radius 2 is 1.83 bits per heavy atom. The third-order valence-corrected chi connectivity index (χ3v) is 4.81. The second kappa shape index (κ2) is 9.28. The summed E-state index contributed by atoms with van der Waals surface area (Å²) in [4.78, 5) is 12.4. The monoisotopic (exact) mass is 393 g/mol. The number of para-hydroxylation sites is 1. The first-order valence-corrected chi connectivity index (χ1v) is 9.58. The number of rotatable bonds is 8. The van der Waals surface area contributed by atoms with E-state index in [1.54, 1.807) is 18.9 Å².